The molecule has 1 atom stereocenters. The van der Waals surface area contributed by atoms with Crippen LogP contribution < -0.4 is 10.2 Å². The third kappa shape index (κ3) is 2.55. The fourth-order valence-corrected chi connectivity index (χ4v) is 2.52. The minimum Gasteiger partial charge on any atom is -0.324 e. The molecule has 2 aromatic rings. The smallest absolute Gasteiger partial charge is 0.278 e. The molecule has 0 aliphatic carbocycles. The van der Waals surface area contributed by atoms with Gasteiger partial charge < -0.3 is 10.2 Å². The molecule has 0 saturated carbocycles. The second kappa shape index (κ2) is 5.55. The summed E-state index contributed by atoms with van der Waals surface area (Å²) in [5, 5.41) is 2.83. The fourth-order valence-electron chi connectivity index (χ4n) is 2.52. The Morgan fingerprint density at radius 1 is 1.27 bits per heavy atom. The van der Waals surface area contributed by atoms with E-state index in [9.17, 15) is 9.59 Å². The van der Waals surface area contributed by atoms with Crippen LogP contribution in [0.1, 0.15) is 29.5 Å². The van der Waals surface area contributed by atoms with Gasteiger partial charge in [-0.3, -0.25) is 14.6 Å². The summed E-state index contributed by atoms with van der Waals surface area (Å²) in [6.45, 7) is 3.66. The number of aromatic nitrogens is 2. The largest absolute Gasteiger partial charge is 0.324 e. The van der Waals surface area contributed by atoms with Crippen molar-refractivity contribution >= 4 is 23.2 Å². The predicted octanol–water partition coefficient (Wildman–Crippen LogP) is 2.16. The number of anilines is 2. The summed E-state index contributed by atoms with van der Waals surface area (Å²) in [6.07, 6.45) is 3.26. The SMILES string of the molecule is Cc1cnc(C(=O)N2c3ccccc3NC(=O)C[C@@H]2C)cn1. The molecule has 6 nitrogen and oxygen atoms in total. The number of para-hydroxylation sites is 2. The molecule has 1 aromatic heterocycles. The van der Waals surface area contributed by atoms with E-state index < -0.39 is 0 Å². The maximum absolute atomic E-state index is 12.8. The van der Waals surface area contributed by atoms with Crippen molar-refractivity contribution < 1.29 is 9.59 Å². The first-order valence-corrected chi connectivity index (χ1v) is 7.07. The zero-order valence-corrected chi connectivity index (χ0v) is 12.4. The number of carbonyl (C=O) groups excluding carboxylic acids is 2. The molecule has 0 saturated heterocycles. The highest BCUT2D eigenvalue weighted by Gasteiger charge is 2.30. The zero-order valence-electron chi connectivity index (χ0n) is 12.4. The first kappa shape index (κ1) is 14.2. The minimum absolute atomic E-state index is 0.106. The lowest BCUT2D eigenvalue weighted by Crippen LogP contribution is -2.39. The quantitative estimate of drug-likeness (QED) is 0.875. The Balaban J connectivity index is 2.05. The highest BCUT2D eigenvalue weighted by atomic mass is 16.2. The summed E-state index contributed by atoms with van der Waals surface area (Å²) in [5.74, 6) is -0.366. The van der Waals surface area contributed by atoms with Gasteiger partial charge in [0.1, 0.15) is 5.69 Å². The average Bonchev–Trinajstić information content (AvgIpc) is 2.61. The van der Waals surface area contributed by atoms with Crippen molar-refractivity contribution in [3.63, 3.8) is 0 Å². The molecule has 1 N–H and O–H groups in total. The van der Waals surface area contributed by atoms with E-state index in [2.05, 4.69) is 15.3 Å². The van der Waals surface area contributed by atoms with Crippen LogP contribution in [0.4, 0.5) is 11.4 Å². The summed E-state index contributed by atoms with van der Waals surface area (Å²) < 4.78 is 0. The van der Waals surface area contributed by atoms with E-state index in [-0.39, 0.29) is 30.0 Å². The Kier molecular flexibility index (Phi) is 3.58. The van der Waals surface area contributed by atoms with E-state index in [4.69, 9.17) is 0 Å². The lowest BCUT2D eigenvalue weighted by molar-refractivity contribution is -0.116. The van der Waals surface area contributed by atoms with Gasteiger partial charge in [0, 0.05) is 18.7 Å². The van der Waals surface area contributed by atoms with Crippen LogP contribution in [0.5, 0.6) is 0 Å². The maximum Gasteiger partial charge on any atom is 0.278 e. The topological polar surface area (TPSA) is 75.2 Å². The van der Waals surface area contributed by atoms with Gasteiger partial charge in [0.2, 0.25) is 5.91 Å². The van der Waals surface area contributed by atoms with Crippen molar-refractivity contribution in [3.05, 3.63) is 48.0 Å². The van der Waals surface area contributed by atoms with Gasteiger partial charge in [-0.15, -0.1) is 0 Å². The molecule has 6 heteroatoms. The molecule has 1 aliphatic heterocycles. The number of fused-ring (bicyclic) bond motifs is 1. The normalized spacial score (nSPS) is 17.5. The molecule has 2 amide bonds. The van der Waals surface area contributed by atoms with E-state index in [1.54, 1.807) is 17.2 Å². The number of hydrogen-bond donors (Lipinski definition) is 1. The third-order valence-electron chi connectivity index (χ3n) is 3.58. The lowest BCUT2D eigenvalue weighted by Gasteiger charge is -2.27. The van der Waals surface area contributed by atoms with E-state index in [0.29, 0.717) is 11.4 Å². The Bertz CT molecular complexity index is 727. The molecular weight excluding hydrogens is 280 g/mol. The summed E-state index contributed by atoms with van der Waals surface area (Å²) in [6, 6.07) is 7.00. The first-order valence-electron chi connectivity index (χ1n) is 7.07. The van der Waals surface area contributed by atoms with E-state index in [0.717, 1.165) is 5.69 Å². The number of carbonyl (C=O) groups is 2. The van der Waals surface area contributed by atoms with Crippen molar-refractivity contribution in [2.24, 2.45) is 0 Å². The first-order chi connectivity index (χ1) is 10.6. The Morgan fingerprint density at radius 3 is 2.77 bits per heavy atom. The van der Waals surface area contributed by atoms with Gasteiger partial charge in [-0.05, 0) is 26.0 Å². The molecule has 22 heavy (non-hydrogen) atoms. The van der Waals surface area contributed by atoms with E-state index >= 15 is 0 Å². The van der Waals surface area contributed by atoms with Gasteiger partial charge in [0.25, 0.3) is 5.91 Å². The maximum atomic E-state index is 12.8. The molecule has 3 rings (SSSR count). The fraction of sp³-hybridized carbons (Fsp3) is 0.250. The monoisotopic (exact) mass is 296 g/mol. The second-order valence-electron chi connectivity index (χ2n) is 5.34. The molecular formula is C16H16N4O2. The van der Waals surface area contributed by atoms with E-state index in [1.165, 1.54) is 6.20 Å². The average molecular weight is 296 g/mol. The number of rotatable bonds is 1. The van der Waals surface area contributed by atoms with Gasteiger partial charge in [0.05, 0.1) is 23.3 Å². The van der Waals surface area contributed by atoms with Crippen LogP contribution in [-0.2, 0) is 4.79 Å². The molecule has 0 bridgehead atoms. The van der Waals surface area contributed by atoms with Gasteiger partial charge in [-0.25, -0.2) is 4.98 Å². The third-order valence-corrected chi connectivity index (χ3v) is 3.58. The van der Waals surface area contributed by atoms with Crippen LogP contribution in [0.3, 0.4) is 0 Å². The molecule has 0 radical (unpaired) electrons. The Morgan fingerprint density at radius 2 is 2.05 bits per heavy atom. The molecule has 1 aliphatic rings. The number of nitrogens with zero attached hydrogens (tertiary/aromatic N) is 3. The van der Waals surface area contributed by atoms with Crippen molar-refractivity contribution in [2.75, 3.05) is 10.2 Å². The summed E-state index contributed by atoms with van der Waals surface area (Å²) >= 11 is 0. The van der Waals surface area contributed by atoms with Crippen LogP contribution in [-0.4, -0.2) is 27.8 Å². The molecule has 2 heterocycles. The van der Waals surface area contributed by atoms with Gasteiger partial charge in [-0.2, -0.15) is 0 Å². The van der Waals surface area contributed by atoms with Crippen LogP contribution in [0.25, 0.3) is 0 Å². The molecule has 0 spiro atoms. The summed E-state index contributed by atoms with van der Waals surface area (Å²) in [4.78, 5) is 34.6. The van der Waals surface area contributed by atoms with Crippen molar-refractivity contribution in [1.82, 2.24) is 9.97 Å². The molecule has 0 unspecified atom stereocenters. The van der Waals surface area contributed by atoms with Gasteiger partial charge in [-0.1, -0.05) is 12.1 Å². The Hall–Kier alpha value is -2.76. The minimum atomic E-state index is -0.265. The number of benzene rings is 1. The van der Waals surface area contributed by atoms with E-state index in [1.807, 2.05) is 32.0 Å². The molecule has 1 aromatic carbocycles. The van der Waals surface area contributed by atoms with Gasteiger partial charge in [0.15, 0.2) is 0 Å². The summed E-state index contributed by atoms with van der Waals surface area (Å²) in [7, 11) is 0. The molecule has 112 valence electrons. The number of amides is 2. The Labute approximate surface area is 128 Å². The predicted molar refractivity (Wildman–Crippen MR) is 82.7 cm³/mol. The number of nitrogens with one attached hydrogen (secondary N) is 1. The van der Waals surface area contributed by atoms with Crippen molar-refractivity contribution in [1.29, 1.82) is 0 Å². The van der Waals surface area contributed by atoms with Crippen LogP contribution in [0, 0.1) is 6.92 Å². The van der Waals surface area contributed by atoms with Crippen molar-refractivity contribution in [3.8, 4) is 0 Å². The highest BCUT2D eigenvalue weighted by molar-refractivity contribution is 6.10. The lowest BCUT2D eigenvalue weighted by atomic mass is 10.1. The number of hydrogen-bond acceptors (Lipinski definition) is 4. The highest BCUT2D eigenvalue weighted by Crippen LogP contribution is 2.32. The van der Waals surface area contributed by atoms with Crippen molar-refractivity contribution in [2.45, 2.75) is 26.3 Å². The van der Waals surface area contributed by atoms with Crippen LogP contribution in [0.2, 0.25) is 0 Å². The zero-order chi connectivity index (χ0) is 15.7. The number of aryl methyl sites for hydroxylation is 1. The second-order valence-corrected chi connectivity index (χ2v) is 5.34. The van der Waals surface area contributed by atoms with Crippen LogP contribution >= 0.6 is 0 Å². The molecule has 0 fully saturated rings. The van der Waals surface area contributed by atoms with Crippen LogP contribution in [0.15, 0.2) is 36.7 Å². The standard InChI is InChI=1S/C16H16N4O2/c1-10-8-18-13(9-17-10)16(22)20-11(2)7-15(21)19-12-5-3-4-6-14(12)20/h3-6,8-9,11H,7H2,1-2H3,(H,19,21)/t11-/m0/s1. The summed E-state index contributed by atoms with van der Waals surface area (Å²) in [5.41, 5.74) is 2.32. The van der Waals surface area contributed by atoms with Gasteiger partial charge >= 0.3 is 0 Å².